The summed E-state index contributed by atoms with van der Waals surface area (Å²) < 4.78 is 88.0. The van der Waals surface area contributed by atoms with Gasteiger partial charge >= 0.3 is 6.01 Å². The molecule has 1 amide bonds. The number of hydrogen-bond donors (Lipinski definition) is 2. The van der Waals surface area contributed by atoms with Crippen molar-refractivity contribution in [1.29, 1.82) is 5.26 Å². The summed E-state index contributed by atoms with van der Waals surface area (Å²) in [5.41, 5.74) is 5.36. The number of nitrogen functional groups attached to an aromatic ring is 1. The summed E-state index contributed by atoms with van der Waals surface area (Å²) in [4.78, 5) is 27.6. The summed E-state index contributed by atoms with van der Waals surface area (Å²) in [6.07, 6.45) is 3.89. The van der Waals surface area contributed by atoms with E-state index in [1.165, 1.54) is 16.4 Å². The minimum Gasteiger partial charge on any atom is -0.488 e. The van der Waals surface area contributed by atoms with Crippen LogP contribution in [-0.2, 0) is 14.8 Å². The topological polar surface area (TPSA) is 167 Å². The Balaban J connectivity index is 1.09. The van der Waals surface area contributed by atoms with E-state index in [0.717, 1.165) is 43.6 Å². The quantitative estimate of drug-likeness (QED) is 0.182. The van der Waals surface area contributed by atoms with Gasteiger partial charge in [0.2, 0.25) is 15.9 Å². The molecule has 10 rings (SSSR count). The number of nitrogens with two attached hydrogens (primary N) is 1. The molecule has 1 saturated carbocycles. The van der Waals surface area contributed by atoms with Crippen LogP contribution in [0.4, 0.5) is 24.0 Å². The van der Waals surface area contributed by atoms with E-state index in [2.05, 4.69) is 15.2 Å². The van der Waals surface area contributed by atoms with Crippen molar-refractivity contribution in [3.63, 3.8) is 0 Å². The Morgan fingerprint density at radius 3 is 2.75 bits per heavy atom. The van der Waals surface area contributed by atoms with Crippen LogP contribution < -0.4 is 25.4 Å². The smallest absolute Gasteiger partial charge is 0.319 e. The second-order valence-corrected chi connectivity index (χ2v) is 20.9. The molecular weight excluding hydrogens is 841 g/mol. The van der Waals surface area contributed by atoms with Gasteiger partial charge in [0, 0.05) is 49.0 Å². The van der Waals surface area contributed by atoms with Gasteiger partial charge in [-0.15, -0.1) is 11.3 Å². The highest BCUT2D eigenvalue weighted by Crippen LogP contribution is 2.53. The second-order valence-electron chi connectivity index (χ2n) is 17.3. The third kappa shape index (κ3) is 6.35. The molecule has 4 aromatic rings. The lowest BCUT2D eigenvalue weighted by Gasteiger charge is -2.43. The SMILES string of the molecule is CCS(=O)(=O)N1C(C(=O)NC2CC[C@@H]3CC(C)Oc4c(Cl)c(-c5ccc(F)c6sc(N)c(C#N)c56)c(F)c5nc(OC[C@@]67CCCN6C[C@H](F)C7)nc(c45)N3C2)C1C1CC1. The van der Waals surface area contributed by atoms with E-state index in [0.29, 0.717) is 25.8 Å². The molecule has 13 nitrogen and oxygen atoms in total. The summed E-state index contributed by atoms with van der Waals surface area (Å²) in [5, 5.41) is 13.5. The van der Waals surface area contributed by atoms with E-state index in [9.17, 15) is 22.9 Å². The molecule has 2 aromatic heterocycles. The number of carbonyl (C=O) groups is 1. The largest absolute Gasteiger partial charge is 0.488 e. The summed E-state index contributed by atoms with van der Waals surface area (Å²) in [6, 6.07) is 2.73. The summed E-state index contributed by atoms with van der Waals surface area (Å²) in [5.74, 6) is -1.42. The summed E-state index contributed by atoms with van der Waals surface area (Å²) >= 11 is 8.10. The highest BCUT2D eigenvalue weighted by molar-refractivity contribution is 7.89. The number of aromatic nitrogens is 2. The van der Waals surface area contributed by atoms with Crippen LogP contribution >= 0.6 is 22.9 Å². The zero-order chi connectivity index (χ0) is 42.0. The number of carbonyl (C=O) groups excluding carboxylic acids is 1. The number of alkyl halides is 1. The van der Waals surface area contributed by atoms with Crippen molar-refractivity contribution in [2.75, 3.05) is 42.6 Å². The molecule has 2 aromatic carbocycles. The van der Waals surface area contributed by atoms with E-state index in [1.54, 1.807) is 6.92 Å². The van der Waals surface area contributed by atoms with E-state index < -0.39 is 51.6 Å². The first-order valence-corrected chi connectivity index (χ1v) is 23.4. The minimum absolute atomic E-state index is 0.0122. The van der Waals surface area contributed by atoms with Gasteiger partial charge in [0.15, 0.2) is 11.6 Å². The number of rotatable bonds is 9. The molecule has 19 heteroatoms. The number of benzene rings is 2. The van der Waals surface area contributed by atoms with Gasteiger partial charge in [0.25, 0.3) is 0 Å². The highest BCUT2D eigenvalue weighted by Gasteiger charge is 2.64. The maximum atomic E-state index is 17.7. The van der Waals surface area contributed by atoms with Crippen molar-refractivity contribution in [1.82, 2.24) is 24.5 Å². The van der Waals surface area contributed by atoms with E-state index in [4.69, 9.17) is 31.8 Å². The van der Waals surface area contributed by atoms with Gasteiger partial charge in [-0.2, -0.15) is 19.5 Å². The van der Waals surface area contributed by atoms with Crippen LogP contribution in [0.15, 0.2) is 12.1 Å². The summed E-state index contributed by atoms with van der Waals surface area (Å²) in [6.45, 7) is 4.81. The van der Waals surface area contributed by atoms with Crippen LogP contribution in [0.2, 0.25) is 5.02 Å². The molecular formula is C41H44ClF3N8O5S2. The maximum Gasteiger partial charge on any atom is 0.319 e. The third-order valence-corrected chi connectivity index (χ3v) is 16.7. The summed E-state index contributed by atoms with van der Waals surface area (Å²) in [7, 11) is -3.58. The Morgan fingerprint density at radius 2 is 2.00 bits per heavy atom. The average Bonchev–Trinajstić information content (AvgIpc) is 4.10. The molecule has 3 N–H and O–H groups in total. The van der Waals surface area contributed by atoms with Crippen molar-refractivity contribution >= 4 is 70.7 Å². The van der Waals surface area contributed by atoms with Gasteiger partial charge in [0.05, 0.1) is 44.1 Å². The molecule has 8 atom stereocenters. The number of fused-ring (bicyclic) bond motifs is 4. The fraction of sp³-hybridized carbons (Fsp3) is 0.561. The Kier molecular flexibility index (Phi) is 9.63. The third-order valence-electron chi connectivity index (χ3n) is 13.5. The predicted octanol–water partition coefficient (Wildman–Crippen LogP) is 6.29. The molecule has 4 saturated heterocycles. The van der Waals surface area contributed by atoms with Gasteiger partial charge < -0.3 is 25.4 Å². The number of sulfonamides is 1. The molecule has 0 radical (unpaired) electrons. The standard InChI is InChI=1S/C41H44ClF3N8O5S2/c1-3-60(55,56)53-33(20-5-6-20)34(53)39(54)48-22-7-8-23-13-19(2)58-35-29-32(31(45)28(30(35)42)24-9-10-26(44)36-27(24)25(15-46)37(47)59-36)49-40(50-38(29)52(23)17-22)57-18-41-11-4-12-51(41)16-21(43)14-41/h9-10,19-23,33-34H,3-8,11-14,16-18,47H2,1-2H3,(H,48,54)/t19?,21-,22?,23-,33?,34?,41+,53?/m1/s1. The van der Waals surface area contributed by atoms with Crippen molar-refractivity contribution < 1.29 is 35.9 Å². The first-order chi connectivity index (χ1) is 28.7. The Hall–Kier alpha value is -4.15. The number of amides is 1. The number of thiophene rings is 1. The van der Waals surface area contributed by atoms with Crippen molar-refractivity contribution in [2.45, 2.75) is 107 Å². The van der Waals surface area contributed by atoms with Crippen LogP contribution in [0.25, 0.3) is 32.1 Å². The number of ether oxygens (including phenoxy) is 2. The zero-order valence-electron chi connectivity index (χ0n) is 33.0. The first kappa shape index (κ1) is 40.0. The van der Waals surface area contributed by atoms with Crippen LogP contribution in [0.1, 0.15) is 70.8 Å². The van der Waals surface area contributed by atoms with Crippen LogP contribution in [0.3, 0.4) is 0 Å². The van der Waals surface area contributed by atoms with E-state index >= 15 is 8.78 Å². The predicted molar refractivity (Wildman–Crippen MR) is 222 cm³/mol. The minimum atomic E-state index is -3.58. The number of halogens is 4. The highest BCUT2D eigenvalue weighted by atomic mass is 35.5. The second kappa shape index (κ2) is 14.5. The van der Waals surface area contributed by atoms with Crippen LogP contribution in [-0.4, -0.2) is 107 Å². The molecule has 5 unspecified atom stereocenters. The number of nitrogens with one attached hydrogen (secondary N) is 1. The Bertz CT molecular complexity index is 2630. The van der Waals surface area contributed by atoms with Gasteiger partial charge in [-0.25, -0.2) is 21.6 Å². The zero-order valence-corrected chi connectivity index (χ0v) is 35.4. The van der Waals surface area contributed by atoms with Crippen molar-refractivity contribution in [3.05, 3.63) is 34.4 Å². The van der Waals surface area contributed by atoms with Crippen molar-refractivity contribution in [3.8, 4) is 29.0 Å². The number of hydrogen-bond acceptors (Lipinski definition) is 12. The number of anilines is 2. The monoisotopic (exact) mass is 884 g/mol. The molecule has 5 aliphatic heterocycles. The Labute approximate surface area is 354 Å². The van der Waals surface area contributed by atoms with Gasteiger partial charge in [-0.05, 0) is 76.5 Å². The molecule has 0 spiro atoms. The normalized spacial score (nSPS) is 30.0. The van der Waals surface area contributed by atoms with Crippen LogP contribution in [0, 0.1) is 28.9 Å². The molecule has 7 heterocycles. The lowest BCUT2D eigenvalue weighted by molar-refractivity contribution is -0.121. The molecule has 0 bridgehead atoms. The number of nitriles is 1. The van der Waals surface area contributed by atoms with Crippen LogP contribution in [0.5, 0.6) is 11.8 Å². The fourth-order valence-corrected chi connectivity index (χ4v) is 13.2. The fourth-order valence-electron chi connectivity index (χ4n) is 10.5. The van der Waals surface area contributed by atoms with Gasteiger partial charge in [0.1, 0.15) is 47.0 Å². The maximum absolute atomic E-state index is 17.7. The lowest BCUT2D eigenvalue weighted by atomic mass is 9.92. The van der Waals surface area contributed by atoms with Gasteiger partial charge in [-0.3, -0.25) is 9.69 Å². The Morgan fingerprint density at radius 1 is 1.20 bits per heavy atom. The average molecular weight is 885 g/mol. The molecule has 5 fully saturated rings. The number of piperidine rings is 1. The van der Waals surface area contributed by atoms with E-state index in [1.807, 2.05) is 17.9 Å². The van der Waals surface area contributed by atoms with Crippen molar-refractivity contribution in [2.24, 2.45) is 5.92 Å². The number of nitrogens with zero attached hydrogens (tertiary/aromatic N) is 6. The molecule has 6 aliphatic rings. The molecule has 318 valence electrons. The molecule has 1 aliphatic carbocycles. The van der Waals surface area contributed by atoms with Gasteiger partial charge in [-0.1, -0.05) is 17.7 Å². The first-order valence-electron chi connectivity index (χ1n) is 20.6. The molecule has 60 heavy (non-hydrogen) atoms. The van der Waals surface area contributed by atoms with E-state index in [-0.39, 0.29) is 115 Å². The lowest BCUT2D eigenvalue weighted by Crippen LogP contribution is -2.54.